The third-order valence-corrected chi connectivity index (χ3v) is 3.84. The number of nitrogens with zero attached hydrogens (tertiary/aromatic N) is 2. The molecule has 2 aromatic rings. The minimum Gasteiger partial charge on any atom is -0.332 e. The summed E-state index contributed by atoms with van der Waals surface area (Å²) < 4.78 is 0. The van der Waals surface area contributed by atoms with E-state index in [9.17, 15) is 4.79 Å². The second-order valence-corrected chi connectivity index (χ2v) is 5.51. The van der Waals surface area contributed by atoms with Gasteiger partial charge in [-0.05, 0) is 26.0 Å². The van der Waals surface area contributed by atoms with Gasteiger partial charge in [-0.1, -0.05) is 24.3 Å². The van der Waals surface area contributed by atoms with Gasteiger partial charge in [0.05, 0.1) is 5.52 Å². The molecule has 1 aromatic carbocycles. The van der Waals surface area contributed by atoms with Crippen LogP contribution in [-0.2, 0) is 0 Å². The molecular weight excluding hydrogens is 250 g/mol. The van der Waals surface area contributed by atoms with E-state index in [2.05, 4.69) is 24.1 Å². The summed E-state index contributed by atoms with van der Waals surface area (Å²) in [7, 11) is 0. The van der Waals surface area contributed by atoms with Crippen LogP contribution in [0.4, 0.5) is 0 Å². The van der Waals surface area contributed by atoms with Gasteiger partial charge >= 0.3 is 0 Å². The third kappa shape index (κ3) is 2.39. The molecule has 0 saturated carbocycles. The summed E-state index contributed by atoms with van der Waals surface area (Å²) in [4.78, 5) is 19.0. The normalized spacial score (nSPS) is 23.0. The molecule has 4 nitrogen and oxygen atoms in total. The van der Waals surface area contributed by atoms with Crippen molar-refractivity contribution in [2.24, 2.45) is 0 Å². The summed E-state index contributed by atoms with van der Waals surface area (Å²) in [6.07, 6.45) is 0. The van der Waals surface area contributed by atoms with Crippen LogP contribution in [-0.4, -0.2) is 41.0 Å². The Morgan fingerprint density at radius 2 is 2.05 bits per heavy atom. The highest BCUT2D eigenvalue weighted by Crippen LogP contribution is 2.15. The molecule has 1 N–H and O–H groups in total. The quantitative estimate of drug-likeness (QED) is 0.862. The van der Waals surface area contributed by atoms with E-state index in [-0.39, 0.29) is 11.9 Å². The maximum absolute atomic E-state index is 12.6. The van der Waals surface area contributed by atoms with Crippen molar-refractivity contribution in [2.75, 3.05) is 13.1 Å². The Labute approximate surface area is 118 Å². The maximum atomic E-state index is 12.6. The van der Waals surface area contributed by atoms with Gasteiger partial charge in [-0.25, -0.2) is 4.98 Å². The van der Waals surface area contributed by atoms with Crippen LogP contribution >= 0.6 is 0 Å². The molecule has 0 bridgehead atoms. The molecule has 0 spiro atoms. The monoisotopic (exact) mass is 269 g/mol. The molecule has 1 amide bonds. The van der Waals surface area contributed by atoms with Crippen molar-refractivity contribution < 1.29 is 4.79 Å². The predicted molar refractivity (Wildman–Crippen MR) is 79.7 cm³/mol. The number of fused-ring (bicyclic) bond motifs is 1. The molecule has 4 heteroatoms. The Kier molecular flexibility index (Phi) is 3.40. The lowest BCUT2D eigenvalue weighted by molar-refractivity contribution is 0.0610. The SMILES string of the molecule is CC1CN(C(=O)c2ccc3ccccc3n2)C(C)CN1. The van der Waals surface area contributed by atoms with Gasteiger partial charge in [-0.15, -0.1) is 0 Å². The Morgan fingerprint density at radius 1 is 1.25 bits per heavy atom. The zero-order valence-corrected chi connectivity index (χ0v) is 11.8. The predicted octanol–water partition coefficient (Wildman–Crippen LogP) is 2.06. The average Bonchev–Trinajstić information content (AvgIpc) is 2.48. The number of nitrogens with one attached hydrogen (secondary N) is 1. The van der Waals surface area contributed by atoms with Gasteiger partial charge in [-0.3, -0.25) is 4.79 Å². The first kappa shape index (κ1) is 13.1. The van der Waals surface area contributed by atoms with Gasteiger partial charge in [0.2, 0.25) is 0 Å². The van der Waals surface area contributed by atoms with Crippen LogP contribution in [0, 0.1) is 0 Å². The van der Waals surface area contributed by atoms with Gasteiger partial charge in [0, 0.05) is 30.6 Å². The number of pyridine rings is 1. The molecule has 20 heavy (non-hydrogen) atoms. The fourth-order valence-corrected chi connectivity index (χ4v) is 2.64. The molecule has 0 radical (unpaired) electrons. The second kappa shape index (κ2) is 5.21. The highest BCUT2D eigenvalue weighted by molar-refractivity contribution is 5.95. The number of aromatic nitrogens is 1. The molecule has 104 valence electrons. The van der Waals surface area contributed by atoms with Gasteiger partial charge < -0.3 is 10.2 Å². The Balaban J connectivity index is 1.91. The number of benzene rings is 1. The van der Waals surface area contributed by atoms with Crippen LogP contribution in [0.25, 0.3) is 10.9 Å². The molecule has 1 aromatic heterocycles. The molecule has 2 unspecified atom stereocenters. The average molecular weight is 269 g/mol. The van der Waals surface area contributed by atoms with Crippen LogP contribution in [0.2, 0.25) is 0 Å². The fourth-order valence-electron chi connectivity index (χ4n) is 2.64. The number of piperazine rings is 1. The largest absolute Gasteiger partial charge is 0.332 e. The summed E-state index contributed by atoms with van der Waals surface area (Å²) >= 11 is 0. The van der Waals surface area contributed by atoms with Gasteiger partial charge in [0.1, 0.15) is 5.69 Å². The van der Waals surface area contributed by atoms with E-state index in [1.54, 1.807) is 0 Å². The fraction of sp³-hybridized carbons (Fsp3) is 0.375. The summed E-state index contributed by atoms with van der Waals surface area (Å²) in [6, 6.07) is 12.2. The molecule has 3 rings (SSSR count). The minimum absolute atomic E-state index is 0.0246. The summed E-state index contributed by atoms with van der Waals surface area (Å²) in [6.45, 7) is 5.73. The Hall–Kier alpha value is -1.94. The number of rotatable bonds is 1. The molecular formula is C16H19N3O. The highest BCUT2D eigenvalue weighted by atomic mass is 16.2. The van der Waals surface area contributed by atoms with E-state index in [0.29, 0.717) is 11.7 Å². The lowest BCUT2D eigenvalue weighted by Gasteiger charge is -2.37. The molecule has 0 aliphatic carbocycles. The lowest BCUT2D eigenvalue weighted by atomic mass is 10.1. The van der Waals surface area contributed by atoms with Crippen molar-refractivity contribution in [3.63, 3.8) is 0 Å². The first-order valence-electron chi connectivity index (χ1n) is 7.05. The third-order valence-electron chi connectivity index (χ3n) is 3.84. The summed E-state index contributed by atoms with van der Waals surface area (Å²) in [5, 5.41) is 4.44. The zero-order valence-electron chi connectivity index (χ0n) is 11.8. The van der Waals surface area contributed by atoms with Crippen LogP contribution in [0.3, 0.4) is 0 Å². The van der Waals surface area contributed by atoms with E-state index in [0.717, 1.165) is 24.0 Å². The number of amides is 1. The van der Waals surface area contributed by atoms with E-state index >= 15 is 0 Å². The van der Waals surface area contributed by atoms with E-state index in [1.165, 1.54) is 0 Å². The molecule has 2 atom stereocenters. The summed E-state index contributed by atoms with van der Waals surface area (Å²) in [5.74, 6) is 0.0246. The molecule has 2 heterocycles. The van der Waals surface area contributed by atoms with Gasteiger partial charge in [-0.2, -0.15) is 0 Å². The van der Waals surface area contributed by atoms with Crippen molar-refractivity contribution in [3.05, 3.63) is 42.1 Å². The second-order valence-electron chi connectivity index (χ2n) is 5.51. The van der Waals surface area contributed by atoms with Crippen molar-refractivity contribution in [2.45, 2.75) is 25.9 Å². The summed E-state index contributed by atoms with van der Waals surface area (Å²) in [5.41, 5.74) is 1.40. The van der Waals surface area contributed by atoms with E-state index < -0.39 is 0 Å². The minimum atomic E-state index is 0.0246. The standard InChI is InChI=1S/C16H19N3O/c1-11-10-19(12(2)9-17-11)16(20)15-8-7-13-5-3-4-6-14(13)18-15/h3-8,11-12,17H,9-10H2,1-2H3. The van der Waals surface area contributed by atoms with Crippen LogP contribution < -0.4 is 5.32 Å². The topological polar surface area (TPSA) is 45.2 Å². The molecule has 1 saturated heterocycles. The molecule has 1 aliphatic heterocycles. The van der Waals surface area contributed by atoms with Crippen LogP contribution in [0.5, 0.6) is 0 Å². The Morgan fingerprint density at radius 3 is 2.90 bits per heavy atom. The van der Waals surface area contributed by atoms with E-state index in [4.69, 9.17) is 0 Å². The van der Waals surface area contributed by atoms with E-state index in [1.807, 2.05) is 41.3 Å². The van der Waals surface area contributed by atoms with Crippen LogP contribution in [0.15, 0.2) is 36.4 Å². The molecule has 1 aliphatic rings. The smallest absolute Gasteiger partial charge is 0.272 e. The number of hydrogen-bond donors (Lipinski definition) is 1. The highest BCUT2D eigenvalue weighted by Gasteiger charge is 2.27. The number of carbonyl (C=O) groups is 1. The lowest BCUT2D eigenvalue weighted by Crippen LogP contribution is -2.56. The number of hydrogen-bond acceptors (Lipinski definition) is 3. The first-order valence-corrected chi connectivity index (χ1v) is 7.05. The van der Waals surface area contributed by atoms with Crippen molar-refractivity contribution in [1.82, 2.24) is 15.2 Å². The van der Waals surface area contributed by atoms with Crippen LogP contribution in [0.1, 0.15) is 24.3 Å². The van der Waals surface area contributed by atoms with Gasteiger partial charge in [0.15, 0.2) is 0 Å². The maximum Gasteiger partial charge on any atom is 0.272 e. The molecule has 1 fully saturated rings. The van der Waals surface area contributed by atoms with Crippen molar-refractivity contribution in [1.29, 1.82) is 0 Å². The first-order chi connectivity index (χ1) is 9.65. The number of para-hydroxylation sites is 1. The van der Waals surface area contributed by atoms with Crippen molar-refractivity contribution >= 4 is 16.8 Å². The number of carbonyl (C=O) groups excluding carboxylic acids is 1. The zero-order chi connectivity index (χ0) is 14.1. The van der Waals surface area contributed by atoms with Gasteiger partial charge in [0.25, 0.3) is 5.91 Å². The Bertz CT molecular complexity index is 640. The van der Waals surface area contributed by atoms with Crippen molar-refractivity contribution in [3.8, 4) is 0 Å².